The van der Waals surface area contributed by atoms with Crippen LogP contribution in [0.5, 0.6) is 0 Å². The molecule has 0 spiro atoms. The van der Waals surface area contributed by atoms with Crippen molar-refractivity contribution in [2.45, 2.75) is 19.5 Å². The van der Waals surface area contributed by atoms with E-state index >= 15 is 0 Å². The van der Waals surface area contributed by atoms with Crippen molar-refractivity contribution in [3.8, 4) is 0 Å². The highest BCUT2D eigenvalue weighted by atomic mass is 79.9. The van der Waals surface area contributed by atoms with Crippen LogP contribution in [-0.2, 0) is 6.54 Å². The largest absolute Gasteiger partial charge is 0.398 e. The second-order valence-corrected chi connectivity index (χ2v) is 5.27. The smallest absolute Gasteiger partial charge is 0.0359 e. The first-order valence-corrected chi connectivity index (χ1v) is 6.78. The third-order valence-corrected chi connectivity index (χ3v) is 3.55. The van der Waals surface area contributed by atoms with E-state index in [1.807, 2.05) is 18.2 Å². The third kappa shape index (κ3) is 3.34. The quantitative estimate of drug-likeness (QED) is 0.841. The molecule has 3 heteroatoms. The predicted octanol–water partition coefficient (Wildman–Crippen LogP) is 3.88. The summed E-state index contributed by atoms with van der Waals surface area (Å²) in [6.07, 6.45) is 0. The van der Waals surface area contributed by atoms with Gasteiger partial charge in [-0.25, -0.2) is 0 Å². The molecule has 0 amide bonds. The number of anilines is 1. The van der Waals surface area contributed by atoms with Crippen LogP contribution in [0.15, 0.2) is 53.0 Å². The number of hydrogen-bond donors (Lipinski definition) is 2. The highest BCUT2D eigenvalue weighted by molar-refractivity contribution is 9.10. The summed E-state index contributed by atoms with van der Waals surface area (Å²) < 4.78 is 1.10. The molecule has 0 fully saturated rings. The van der Waals surface area contributed by atoms with E-state index in [0.717, 1.165) is 22.3 Å². The van der Waals surface area contributed by atoms with Crippen LogP contribution in [0.2, 0.25) is 0 Å². The molecule has 0 aliphatic heterocycles. The normalized spacial score (nSPS) is 12.3. The monoisotopic (exact) mass is 304 g/mol. The number of halogens is 1. The number of rotatable bonds is 4. The molecule has 0 bridgehead atoms. The fraction of sp³-hybridized carbons (Fsp3) is 0.200. The second kappa shape index (κ2) is 6.03. The van der Waals surface area contributed by atoms with Crippen molar-refractivity contribution in [2.75, 3.05) is 5.73 Å². The van der Waals surface area contributed by atoms with Crippen LogP contribution in [0.1, 0.15) is 24.1 Å². The zero-order valence-corrected chi connectivity index (χ0v) is 11.9. The van der Waals surface area contributed by atoms with Crippen molar-refractivity contribution in [1.29, 1.82) is 0 Å². The van der Waals surface area contributed by atoms with Crippen LogP contribution in [0, 0.1) is 0 Å². The molecular weight excluding hydrogens is 288 g/mol. The van der Waals surface area contributed by atoms with E-state index in [2.05, 4.69) is 58.5 Å². The van der Waals surface area contributed by atoms with E-state index in [-0.39, 0.29) is 0 Å². The summed E-state index contributed by atoms with van der Waals surface area (Å²) in [5.41, 5.74) is 9.17. The Hall–Kier alpha value is -1.32. The van der Waals surface area contributed by atoms with Gasteiger partial charge in [-0.3, -0.25) is 0 Å². The van der Waals surface area contributed by atoms with Crippen LogP contribution in [0.3, 0.4) is 0 Å². The van der Waals surface area contributed by atoms with Gasteiger partial charge in [0, 0.05) is 22.7 Å². The van der Waals surface area contributed by atoms with E-state index < -0.39 is 0 Å². The molecule has 3 N–H and O–H groups in total. The zero-order valence-electron chi connectivity index (χ0n) is 10.4. The van der Waals surface area contributed by atoms with E-state index in [0.29, 0.717) is 6.04 Å². The number of nitrogens with one attached hydrogen (secondary N) is 1. The van der Waals surface area contributed by atoms with E-state index in [1.165, 1.54) is 5.56 Å². The Morgan fingerprint density at radius 1 is 1.11 bits per heavy atom. The van der Waals surface area contributed by atoms with Crippen molar-refractivity contribution < 1.29 is 0 Å². The van der Waals surface area contributed by atoms with Gasteiger partial charge in [0.2, 0.25) is 0 Å². The summed E-state index contributed by atoms with van der Waals surface area (Å²) in [7, 11) is 0. The minimum atomic E-state index is 0.303. The fourth-order valence-corrected chi connectivity index (χ4v) is 2.09. The first-order valence-electron chi connectivity index (χ1n) is 5.99. The number of para-hydroxylation sites is 1. The fourth-order valence-electron chi connectivity index (χ4n) is 1.83. The van der Waals surface area contributed by atoms with Crippen LogP contribution >= 0.6 is 15.9 Å². The average Bonchev–Trinajstić information content (AvgIpc) is 2.38. The Kier molecular flexibility index (Phi) is 4.39. The lowest BCUT2D eigenvalue weighted by molar-refractivity contribution is 0.575. The van der Waals surface area contributed by atoms with Crippen molar-refractivity contribution >= 4 is 21.6 Å². The van der Waals surface area contributed by atoms with Crippen LogP contribution in [0.25, 0.3) is 0 Å². The predicted molar refractivity (Wildman–Crippen MR) is 80.3 cm³/mol. The van der Waals surface area contributed by atoms with E-state index in [1.54, 1.807) is 0 Å². The second-order valence-electron chi connectivity index (χ2n) is 4.35. The van der Waals surface area contributed by atoms with Gasteiger partial charge in [0.1, 0.15) is 0 Å². The lowest BCUT2D eigenvalue weighted by Crippen LogP contribution is -2.18. The zero-order chi connectivity index (χ0) is 13.0. The molecule has 1 atom stereocenters. The summed E-state index contributed by atoms with van der Waals surface area (Å²) in [6, 6.07) is 16.6. The highest BCUT2D eigenvalue weighted by Gasteiger charge is 2.05. The summed E-state index contributed by atoms with van der Waals surface area (Å²) in [6.45, 7) is 2.94. The summed E-state index contributed by atoms with van der Waals surface area (Å²) in [5, 5.41) is 3.48. The van der Waals surface area contributed by atoms with Gasteiger partial charge in [0.25, 0.3) is 0 Å². The Morgan fingerprint density at radius 3 is 2.44 bits per heavy atom. The van der Waals surface area contributed by atoms with Gasteiger partial charge in [-0.1, -0.05) is 46.3 Å². The Labute approximate surface area is 116 Å². The molecule has 2 aromatic rings. The van der Waals surface area contributed by atoms with Crippen LogP contribution in [0.4, 0.5) is 5.69 Å². The van der Waals surface area contributed by atoms with Gasteiger partial charge < -0.3 is 11.1 Å². The number of hydrogen-bond acceptors (Lipinski definition) is 2. The molecule has 0 unspecified atom stereocenters. The highest BCUT2D eigenvalue weighted by Crippen LogP contribution is 2.18. The van der Waals surface area contributed by atoms with Gasteiger partial charge >= 0.3 is 0 Å². The van der Waals surface area contributed by atoms with Crippen molar-refractivity contribution in [2.24, 2.45) is 0 Å². The van der Waals surface area contributed by atoms with Crippen LogP contribution < -0.4 is 11.1 Å². The lowest BCUT2D eigenvalue weighted by atomic mass is 10.1. The maximum Gasteiger partial charge on any atom is 0.0359 e. The molecule has 2 rings (SSSR count). The van der Waals surface area contributed by atoms with E-state index in [9.17, 15) is 0 Å². The summed E-state index contributed by atoms with van der Waals surface area (Å²) >= 11 is 3.44. The van der Waals surface area contributed by atoms with Crippen molar-refractivity contribution in [1.82, 2.24) is 5.32 Å². The average molecular weight is 305 g/mol. The van der Waals surface area contributed by atoms with E-state index in [4.69, 9.17) is 5.73 Å². The van der Waals surface area contributed by atoms with Gasteiger partial charge in [0.15, 0.2) is 0 Å². The molecule has 0 saturated carbocycles. The Morgan fingerprint density at radius 2 is 1.78 bits per heavy atom. The molecule has 94 valence electrons. The molecule has 0 aliphatic rings. The SMILES string of the molecule is C[C@H](NCc1ccccc1N)c1ccc(Br)cc1. The first kappa shape index (κ1) is 13.1. The number of nitrogen functional groups attached to an aromatic ring is 1. The molecule has 0 aliphatic carbocycles. The molecule has 0 saturated heterocycles. The maximum absolute atomic E-state index is 5.92. The minimum Gasteiger partial charge on any atom is -0.398 e. The van der Waals surface area contributed by atoms with Gasteiger partial charge in [-0.05, 0) is 36.2 Å². The first-order chi connectivity index (χ1) is 8.66. The molecule has 0 aromatic heterocycles. The summed E-state index contributed by atoms with van der Waals surface area (Å²) in [4.78, 5) is 0. The number of benzene rings is 2. The summed E-state index contributed by atoms with van der Waals surface area (Å²) in [5.74, 6) is 0. The topological polar surface area (TPSA) is 38.0 Å². The number of nitrogens with two attached hydrogens (primary N) is 1. The molecular formula is C15H17BrN2. The Bertz CT molecular complexity index is 508. The maximum atomic E-state index is 5.92. The molecule has 2 nitrogen and oxygen atoms in total. The lowest BCUT2D eigenvalue weighted by Gasteiger charge is -2.15. The molecule has 2 aromatic carbocycles. The third-order valence-electron chi connectivity index (χ3n) is 3.02. The van der Waals surface area contributed by atoms with Gasteiger partial charge in [0.05, 0.1) is 0 Å². The van der Waals surface area contributed by atoms with Gasteiger partial charge in [-0.2, -0.15) is 0 Å². The van der Waals surface area contributed by atoms with Crippen molar-refractivity contribution in [3.63, 3.8) is 0 Å². The van der Waals surface area contributed by atoms with Gasteiger partial charge in [-0.15, -0.1) is 0 Å². The molecule has 18 heavy (non-hydrogen) atoms. The molecule has 0 heterocycles. The van der Waals surface area contributed by atoms with Crippen LogP contribution in [-0.4, -0.2) is 0 Å². The Balaban J connectivity index is 1.98. The van der Waals surface area contributed by atoms with Crippen molar-refractivity contribution in [3.05, 3.63) is 64.1 Å². The molecule has 0 radical (unpaired) electrons. The minimum absolute atomic E-state index is 0.303. The standard InChI is InChI=1S/C15H17BrN2/c1-11(12-6-8-14(16)9-7-12)18-10-13-4-2-3-5-15(13)17/h2-9,11,18H,10,17H2,1H3/t11-/m0/s1.